The molecule has 0 radical (unpaired) electrons. The van der Waals surface area contributed by atoms with Gasteiger partial charge in [-0.15, -0.1) is 0 Å². The molecule has 0 aliphatic rings. The van der Waals surface area contributed by atoms with Gasteiger partial charge in [-0.1, -0.05) is 78.6 Å². The van der Waals surface area contributed by atoms with E-state index in [1.54, 1.807) is 55.4 Å². The molecule has 0 bridgehead atoms. The Labute approximate surface area is 298 Å². The topological polar surface area (TPSA) is 202 Å². The number of hydrogen-bond donors (Lipinski definition) is 10. The van der Waals surface area contributed by atoms with Gasteiger partial charge in [0.05, 0.1) is 29.0 Å². The van der Waals surface area contributed by atoms with Crippen LogP contribution in [0.4, 0.5) is 0 Å². The Morgan fingerprint density at radius 1 is 0.438 bits per heavy atom. The van der Waals surface area contributed by atoms with E-state index in [2.05, 4.69) is 6.92 Å². The fraction of sp³-hybridized carbons (Fsp3) is 1.00. The molecule has 0 aromatic heterocycles. The van der Waals surface area contributed by atoms with Crippen LogP contribution in [0, 0.1) is 0 Å². The zero-order valence-electron chi connectivity index (χ0n) is 34.0. The minimum atomic E-state index is -1.01. The first-order valence-corrected chi connectivity index (χ1v) is 18.6. The summed E-state index contributed by atoms with van der Waals surface area (Å²) in [5.74, 6) is 0. The minimum absolute atomic E-state index is 0.0648. The second-order valence-electron chi connectivity index (χ2n) is 13.9. The van der Waals surface area contributed by atoms with Crippen LogP contribution in [0.2, 0.25) is 0 Å². The normalized spacial score (nSPS) is 11.3. The van der Waals surface area contributed by atoms with Crippen molar-refractivity contribution in [3.63, 3.8) is 0 Å². The van der Waals surface area contributed by atoms with Gasteiger partial charge in [0.25, 0.3) is 0 Å². The smallest absolute Gasteiger partial charge is 0.0872 e. The maximum absolute atomic E-state index is 9.10. The second-order valence-corrected chi connectivity index (χ2v) is 13.9. The Bertz CT molecular complexity index is 461. The highest BCUT2D eigenvalue weighted by atomic mass is 16.3. The van der Waals surface area contributed by atoms with Crippen molar-refractivity contribution in [1.29, 1.82) is 0 Å². The van der Waals surface area contributed by atoms with Crippen LogP contribution in [-0.4, -0.2) is 113 Å². The zero-order valence-corrected chi connectivity index (χ0v) is 34.0. The summed E-state index contributed by atoms with van der Waals surface area (Å²) in [4.78, 5) is 0. The molecular formula is C38H90O10. The first-order chi connectivity index (χ1) is 22.1. The first kappa shape index (κ1) is 62.7. The van der Waals surface area contributed by atoms with Gasteiger partial charge in [0.2, 0.25) is 0 Å². The van der Waals surface area contributed by atoms with Crippen LogP contribution in [-0.2, 0) is 0 Å². The van der Waals surface area contributed by atoms with Crippen molar-refractivity contribution >= 4 is 0 Å². The standard InChI is InChI=1S/C10H22O2.2C6H14O2.2C5H12O.C4H10O.C2H6O/c11-9-7-5-3-1-2-4-6-8-10-12;1-5(2,7)6(3,4)8;7-5-3-1-2-4-6-8;1-3-4-5(2)6;1-3-5(6)4-2;1-4(2,3)5;1-2-3/h11-12H,1-10H2;7-8H,1-4H3;7-8H,1-6H2;2*5-6H,3-4H2,1-2H3;5H,1-3H3;3H,2H2,1H3. The van der Waals surface area contributed by atoms with Gasteiger partial charge in [0.15, 0.2) is 0 Å². The molecule has 1 unspecified atom stereocenters. The molecule has 0 aliphatic heterocycles. The molecule has 0 spiro atoms. The fourth-order valence-electron chi connectivity index (χ4n) is 2.57. The van der Waals surface area contributed by atoms with Gasteiger partial charge in [-0.05, 0) is 107 Å². The molecule has 0 fully saturated rings. The van der Waals surface area contributed by atoms with Gasteiger partial charge in [0.1, 0.15) is 0 Å². The fourth-order valence-corrected chi connectivity index (χ4v) is 2.57. The molecule has 0 aliphatic carbocycles. The summed E-state index contributed by atoms with van der Waals surface area (Å²) >= 11 is 0. The lowest BCUT2D eigenvalue weighted by molar-refractivity contribution is -0.107. The summed E-state index contributed by atoms with van der Waals surface area (Å²) in [6, 6.07) is 0. The highest BCUT2D eigenvalue weighted by Crippen LogP contribution is 2.19. The molecule has 0 heterocycles. The monoisotopic (exact) mass is 707 g/mol. The van der Waals surface area contributed by atoms with Crippen LogP contribution in [0.3, 0.4) is 0 Å². The van der Waals surface area contributed by atoms with Gasteiger partial charge in [-0.2, -0.15) is 0 Å². The molecule has 10 N–H and O–H groups in total. The largest absolute Gasteiger partial charge is 0.397 e. The number of aliphatic hydroxyl groups excluding tert-OH is 7. The Kier molecular flexibility index (Phi) is 63.6. The molecule has 10 heteroatoms. The van der Waals surface area contributed by atoms with Gasteiger partial charge >= 0.3 is 0 Å². The summed E-state index contributed by atoms with van der Waals surface area (Å²) in [5, 5.41) is 85.1. The maximum Gasteiger partial charge on any atom is 0.0872 e. The summed E-state index contributed by atoms with van der Waals surface area (Å²) in [7, 11) is 0. The number of aliphatic hydroxyl groups is 10. The van der Waals surface area contributed by atoms with Crippen LogP contribution in [0.1, 0.15) is 186 Å². The van der Waals surface area contributed by atoms with E-state index in [0.717, 1.165) is 77.0 Å². The van der Waals surface area contributed by atoms with E-state index in [9.17, 15) is 0 Å². The summed E-state index contributed by atoms with van der Waals surface area (Å²) < 4.78 is 0. The van der Waals surface area contributed by atoms with Crippen molar-refractivity contribution in [2.24, 2.45) is 0 Å². The lowest BCUT2D eigenvalue weighted by atomic mass is 9.90. The Balaban J connectivity index is -0.0000000846. The molecule has 10 nitrogen and oxygen atoms in total. The Morgan fingerprint density at radius 3 is 0.688 bits per heavy atom. The lowest BCUT2D eigenvalue weighted by Gasteiger charge is -2.31. The lowest BCUT2D eigenvalue weighted by Crippen LogP contribution is -2.44. The number of unbranched alkanes of at least 4 members (excludes halogenated alkanes) is 10. The molecule has 0 amide bonds. The highest BCUT2D eigenvalue weighted by molar-refractivity contribution is 4.84. The van der Waals surface area contributed by atoms with Crippen LogP contribution in [0.15, 0.2) is 0 Å². The van der Waals surface area contributed by atoms with Crippen molar-refractivity contribution in [3.05, 3.63) is 0 Å². The van der Waals surface area contributed by atoms with Crippen LogP contribution in [0.25, 0.3) is 0 Å². The molecule has 0 aromatic carbocycles. The van der Waals surface area contributed by atoms with Gasteiger partial charge < -0.3 is 51.1 Å². The number of hydrogen-bond acceptors (Lipinski definition) is 10. The molecule has 0 aromatic rings. The molecule has 0 rings (SSSR count). The third-order valence-corrected chi connectivity index (χ3v) is 6.28. The van der Waals surface area contributed by atoms with E-state index in [-0.39, 0.29) is 32.0 Å². The molecule has 302 valence electrons. The molecule has 0 saturated heterocycles. The quantitative estimate of drug-likeness (QED) is 0.0683. The average Bonchev–Trinajstić information content (AvgIpc) is 2.96. The molecule has 1 atom stereocenters. The van der Waals surface area contributed by atoms with Crippen molar-refractivity contribution < 1.29 is 51.1 Å². The molecule has 0 saturated carbocycles. The summed E-state index contributed by atoms with van der Waals surface area (Å²) in [6.45, 7) is 22.5. The van der Waals surface area contributed by atoms with E-state index >= 15 is 0 Å². The Hall–Kier alpha value is -0.400. The maximum atomic E-state index is 9.10. The van der Waals surface area contributed by atoms with E-state index in [4.69, 9.17) is 51.1 Å². The second kappa shape index (κ2) is 48.7. The third kappa shape index (κ3) is 104. The summed E-state index contributed by atoms with van der Waals surface area (Å²) in [5.41, 5.74) is -2.51. The van der Waals surface area contributed by atoms with Crippen molar-refractivity contribution in [1.82, 2.24) is 0 Å². The molecular weight excluding hydrogens is 616 g/mol. The van der Waals surface area contributed by atoms with Crippen LogP contribution < -0.4 is 0 Å². The van der Waals surface area contributed by atoms with Gasteiger partial charge in [-0.3, -0.25) is 0 Å². The van der Waals surface area contributed by atoms with E-state index in [1.807, 2.05) is 20.8 Å². The summed E-state index contributed by atoms with van der Waals surface area (Å²) in [6.07, 6.45) is 16.7. The predicted molar refractivity (Wildman–Crippen MR) is 204 cm³/mol. The first-order valence-electron chi connectivity index (χ1n) is 18.6. The number of rotatable bonds is 19. The van der Waals surface area contributed by atoms with E-state index in [1.165, 1.54) is 25.7 Å². The highest BCUT2D eigenvalue weighted by Gasteiger charge is 2.31. The molecule has 48 heavy (non-hydrogen) atoms. The van der Waals surface area contributed by atoms with E-state index < -0.39 is 16.8 Å². The van der Waals surface area contributed by atoms with Crippen molar-refractivity contribution in [2.75, 3.05) is 33.0 Å². The van der Waals surface area contributed by atoms with Crippen LogP contribution in [0.5, 0.6) is 0 Å². The minimum Gasteiger partial charge on any atom is -0.397 e. The zero-order chi connectivity index (χ0) is 39.5. The Morgan fingerprint density at radius 2 is 0.625 bits per heavy atom. The van der Waals surface area contributed by atoms with Crippen molar-refractivity contribution in [2.45, 2.75) is 215 Å². The van der Waals surface area contributed by atoms with Crippen molar-refractivity contribution in [3.8, 4) is 0 Å². The van der Waals surface area contributed by atoms with Gasteiger partial charge in [0, 0.05) is 33.0 Å². The third-order valence-electron chi connectivity index (χ3n) is 6.28. The average molecular weight is 707 g/mol. The van der Waals surface area contributed by atoms with Gasteiger partial charge in [-0.25, -0.2) is 0 Å². The van der Waals surface area contributed by atoms with E-state index in [0.29, 0.717) is 13.2 Å². The SMILES string of the molecule is CC(C)(C)O.CC(C)(O)C(C)(C)O.CCC(O)CC.CCCC(C)O.CCO.OCCCCCCCCCCO.OCCCCCCO. The van der Waals surface area contributed by atoms with Crippen LogP contribution >= 0.6 is 0 Å². The predicted octanol–water partition coefficient (Wildman–Crippen LogP) is 6.26.